The molecule has 0 radical (unpaired) electrons. The number of nitrogens with zero attached hydrogens (tertiary/aromatic N) is 5. The molecule has 80 heavy (non-hydrogen) atoms. The van der Waals surface area contributed by atoms with Crippen LogP contribution in [0.15, 0.2) is 249 Å². The van der Waals surface area contributed by atoms with Crippen molar-refractivity contribution in [2.75, 3.05) is 4.81 Å². The summed E-state index contributed by atoms with van der Waals surface area (Å²) < 4.78 is 131. The van der Waals surface area contributed by atoms with Gasteiger partial charge in [0.1, 0.15) is 0 Å². The maximum absolute atomic E-state index is 9.58. The number of anilines is 2. The molecular formula is C72H56BN5OPt. The maximum atomic E-state index is 9.58. The molecule has 388 valence electrons. The van der Waals surface area contributed by atoms with Gasteiger partial charge in [0.05, 0.1) is 6.85 Å². The van der Waals surface area contributed by atoms with Gasteiger partial charge in [-0.05, 0) is 6.07 Å². The van der Waals surface area contributed by atoms with E-state index < -0.39 is 63.2 Å². The van der Waals surface area contributed by atoms with Crippen molar-refractivity contribution in [1.82, 2.24) is 18.6 Å². The summed E-state index contributed by atoms with van der Waals surface area (Å²) in [4.78, 5) is 7.06. The molecule has 0 amide bonds. The van der Waals surface area contributed by atoms with Gasteiger partial charge in [0.25, 0.3) is 0 Å². The van der Waals surface area contributed by atoms with Crippen LogP contribution in [0.25, 0.3) is 88.7 Å². The Kier molecular flexibility index (Phi) is 9.39. The Morgan fingerprint density at radius 3 is 1.90 bits per heavy atom. The minimum atomic E-state index is -2.79. The predicted octanol–water partition coefficient (Wildman–Crippen LogP) is 17.7. The van der Waals surface area contributed by atoms with Crippen molar-refractivity contribution in [2.45, 2.75) is 33.9 Å². The van der Waals surface area contributed by atoms with E-state index in [0.29, 0.717) is 48.6 Å². The number of aromatic nitrogens is 4. The Bertz CT molecular complexity index is 5180. The summed E-state index contributed by atoms with van der Waals surface area (Å²) in [5.41, 5.74) is 11.0. The monoisotopic (exact) mass is 1230 g/mol. The van der Waals surface area contributed by atoms with Crippen LogP contribution in [-0.4, -0.2) is 25.6 Å². The number of hydrogen-bond acceptors (Lipinski definition) is 3. The molecule has 1 aliphatic heterocycles. The molecule has 14 rings (SSSR count). The second kappa shape index (κ2) is 20.3. The minimum absolute atomic E-state index is 0.0377. The number of para-hydroxylation sites is 4. The van der Waals surface area contributed by atoms with Gasteiger partial charge in [-0.2, -0.15) is 0 Å². The van der Waals surface area contributed by atoms with Crippen molar-refractivity contribution in [3.05, 3.63) is 269 Å². The number of hydrogen-bond donors (Lipinski definition) is 0. The Hall–Kier alpha value is -9.03. The van der Waals surface area contributed by atoms with Crippen LogP contribution in [0.3, 0.4) is 0 Å². The van der Waals surface area contributed by atoms with E-state index in [9.17, 15) is 9.60 Å². The van der Waals surface area contributed by atoms with Crippen LogP contribution in [0.4, 0.5) is 11.5 Å². The van der Waals surface area contributed by atoms with E-state index in [1.807, 2.05) is 140 Å². The van der Waals surface area contributed by atoms with E-state index in [-0.39, 0.29) is 39.6 Å². The molecule has 8 heteroatoms. The zero-order valence-corrected chi connectivity index (χ0v) is 45.7. The zero-order chi connectivity index (χ0) is 65.2. The van der Waals surface area contributed by atoms with Gasteiger partial charge >= 0.3 is 409 Å². The summed E-state index contributed by atoms with van der Waals surface area (Å²) in [7, 11) is 0. The molecule has 0 saturated heterocycles. The second-order valence-corrected chi connectivity index (χ2v) is 21.2. The Labute approximate surface area is 496 Å². The standard InChI is InChI=1S/C72H56BN5O.Pt/c1-48(2)42-51-44-62(54-36-34-49(3)35-37-54)70(63(45-51)55-40-38-53(39-41-55)52-20-8-5-9-21-52)76-47-75(65-31-16-17-32-66(65)76)58-26-18-27-59(46-58)79-72-69(56-22-10-6-11-23-56)50(4)43-68(74-72)77-67-33-19-29-61-60-28-14-15-30-64(60)78(71(61)67)73(77)57-24-12-7-13-25-57;/h5-41,43-46,48H,42H2,1-4H3;/i3D3,4D3,7D,12D,13D,24D,25D,42D2;. The van der Waals surface area contributed by atoms with Crippen molar-refractivity contribution >= 4 is 56.8 Å². The summed E-state index contributed by atoms with van der Waals surface area (Å²) in [6, 6.07) is 65.7. The number of rotatable bonds is 12. The third-order valence-electron chi connectivity index (χ3n) is 14.8. The van der Waals surface area contributed by atoms with Gasteiger partial charge in [-0.15, -0.1) is 0 Å². The molecule has 0 fully saturated rings. The number of ether oxygens (including phenoxy) is 1. The first kappa shape index (κ1) is 37.0. The number of benzene rings is 10. The quantitative estimate of drug-likeness (QED) is 0.114. The topological polar surface area (TPSA) is 40.1 Å². The molecular weight excluding hydrogens is 1160 g/mol. The van der Waals surface area contributed by atoms with Crippen molar-refractivity contribution in [2.24, 2.45) is 5.92 Å². The molecule has 0 aliphatic carbocycles. The summed E-state index contributed by atoms with van der Waals surface area (Å²) in [6.07, 6.45) is -1.80. The van der Waals surface area contributed by atoms with Crippen LogP contribution >= 0.6 is 0 Å². The van der Waals surface area contributed by atoms with Gasteiger partial charge < -0.3 is 0 Å². The summed E-state index contributed by atoms with van der Waals surface area (Å²) in [5.74, 6) is -0.136. The SMILES string of the molecule is [2H]c1c([2H])c([2H])c(B2N(c3cc(C([2H])([2H])[2H])c(-c4ccccc4)c(Oc4cccc(-n5[c](=[Pt])n(-c6c(-c7ccc(-c8ccccc8)cc7)cc(C([2H])([2H])C(C)C)cc6-c6ccc(C([2H])([2H])[2H])cc6)c6ccccc65)c4)n3)c3cccc4c5ccccc5n2c34)c([2H])c1[2H]. The molecule has 6 nitrogen and oxygen atoms in total. The van der Waals surface area contributed by atoms with E-state index in [1.54, 1.807) is 59.4 Å². The third kappa shape index (κ3) is 8.56. The molecule has 3 aromatic heterocycles. The Morgan fingerprint density at radius 2 is 1.20 bits per heavy atom. The molecule has 0 atom stereocenters. The fourth-order valence-corrected chi connectivity index (χ4v) is 12.5. The van der Waals surface area contributed by atoms with E-state index in [2.05, 4.69) is 64.9 Å². The fourth-order valence-electron chi connectivity index (χ4n) is 11.4. The third-order valence-corrected chi connectivity index (χ3v) is 15.8. The number of pyridine rings is 1. The van der Waals surface area contributed by atoms with Crippen LogP contribution in [0, 0.1) is 23.4 Å². The van der Waals surface area contributed by atoms with Gasteiger partial charge in [0.15, 0.2) is 0 Å². The van der Waals surface area contributed by atoms with Crippen LogP contribution in [0.2, 0.25) is 0 Å². The van der Waals surface area contributed by atoms with Crippen molar-refractivity contribution in [1.29, 1.82) is 0 Å². The van der Waals surface area contributed by atoms with Gasteiger partial charge in [0.2, 0.25) is 0 Å². The zero-order valence-electron chi connectivity index (χ0n) is 56.4. The van der Waals surface area contributed by atoms with Crippen molar-refractivity contribution < 1.29 is 41.9 Å². The van der Waals surface area contributed by atoms with Gasteiger partial charge in [-0.3, -0.25) is 0 Å². The molecule has 1 aliphatic rings. The molecule has 4 heterocycles. The second-order valence-electron chi connectivity index (χ2n) is 20.2. The molecule has 0 spiro atoms. The molecule has 0 saturated carbocycles. The van der Waals surface area contributed by atoms with Crippen molar-refractivity contribution in [3.8, 4) is 67.5 Å². The first-order chi connectivity index (χ1) is 44.5. The Morgan fingerprint density at radius 1 is 0.588 bits per heavy atom. The van der Waals surface area contributed by atoms with Gasteiger partial charge in [-0.25, -0.2) is 0 Å². The van der Waals surface area contributed by atoms with Crippen molar-refractivity contribution in [3.63, 3.8) is 0 Å². The molecule has 13 aromatic rings. The summed E-state index contributed by atoms with van der Waals surface area (Å²) in [6.45, 7) is -2.61. The molecule has 0 bridgehead atoms. The van der Waals surface area contributed by atoms with Crippen LogP contribution in [-0.2, 0) is 25.7 Å². The van der Waals surface area contributed by atoms with Crippen LogP contribution in [0.1, 0.15) is 48.4 Å². The molecule has 0 unspecified atom stereocenters. The number of aryl methyl sites for hydroxylation is 2. The van der Waals surface area contributed by atoms with E-state index in [4.69, 9.17) is 17.9 Å². The average molecular weight is 1230 g/mol. The average Bonchev–Trinajstić information content (AvgIpc) is 1.55. The molecule has 0 N–H and O–H groups in total. The molecule has 10 aromatic carbocycles. The Balaban J connectivity index is 0.982. The summed E-state index contributed by atoms with van der Waals surface area (Å²) >= 11 is 2.32. The smallest absolute Gasteiger partial charge is 0.0637 e. The van der Waals surface area contributed by atoms with Gasteiger partial charge in [0, 0.05) is 16.3 Å². The van der Waals surface area contributed by atoms with E-state index in [1.165, 1.54) is 6.07 Å². The predicted molar refractivity (Wildman–Crippen MR) is 329 cm³/mol. The van der Waals surface area contributed by atoms with Crippen LogP contribution in [0.5, 0.6) is 11.6 Å². The van der Waals surface area contributed by atoms with E-state index >= 15 is 0 Å². The van der Waals surface area contributed by atoms with Crippen LogP contribution < -0.4 is 15.0 Å². The number of fused-ring (bicyclic) bond motifs is 4. The minimum Gasteiger partial charge on any atom is -0.0637 e. The first-order valence-electron chi connectivity index (χ1n) is 32.9. The normalized spacial score (nSPS) is 15.0. The number of imidazole rings is 1. The fraction of sp³-hybridized carbons (Fsp3) is 0.0833. The summed E-state index contributed by atoms with van der Waals surface area (Å²) in [5, 5.41) is 1.71. The van der Waals surface area contributed by atoms with Gasteiger partial charge in [-0.1, -0.05) is 60.5 Å². The van der Waals surface area contributed by atoms with E-state index in [0.717, 1.165) is 49.6 Å². The first-order valence-corrected chi connectivity index (χ1v) is 27.6.